The predicted molar refractivity (Wildman–Crippen MR) is 130 cm³/mol. The van der Waals surface area contributed by atoms with E-state index in [0.29, 0.717) is 16.6 Å². The largest absolute Gasteiger partial charge is 0.465 e. The average Bonchev–Trinajstić information content (AvgIpc) is 2.81. The molecule has 1 N–H and O–H groups in total. The highest BCUT2D eigenvalue weighted by molar-refractivity contribution is 6.01. The van der Waals surface area contributed by atoms with E-state index in [1.807, 2.05) is 19.9 Å². The van der Waals surface area contributed by atoms with Crippen LogP contribution in [0, 0.1) is 13.8 Å². The molecular weight excluding hydrogens is 434 g/mol. The number of nitrogens with one attached hydrogen (secondary N) is 1. The van der Waals surface area contributed by atoms with Gasteiger partial charge in [-0.05, 0) is 61.4 Å². The van der Waals surface area contributed by atoms with Crippen LogP contribution in [0.4, 0.5) is 5.69 Å². The van der Waals surface area contributed by atoms with Crippen molar-refractivity contribution in [2.24, 2.45) is 0 Å². The summed E-state index contributed by atoms with van der Waals surface area (Å²) in [4.78, 5) is 51.8. The Morgan fingerprint density at radius 2 is 1.56 bits per heavy atom. The zero-order valence-corrected chi connectivity index (χ0v) is 19.0. The number of anilines is 1. The van der Waals surface area contributed by atoms with Crippen LogP contribution in [0.1, 0.15) is 21.5 Å². The molecule has 0 aliphatic rings. The van der Waals surface area contributed by atoms with Crippen LogP contribution in [0.25, 0.3) is 16.6 Å². The van der Waals surface area contributed by atoms with E-state index in [1.165, 1.54) is 17.7 Å². The lowest BCUT2D eigenvalue weighted by Gasteiger charge is -2.15. The van der Waals surface area contributed by atoms with Crippen LogP contribution >= 0.6 is 0 Å². The number of ether oxygens (including phenoxy) is 1. The first-order valence-electron chi connectivity index (χ1n) is 10.6. The molecule has 1 heterocycles. The molecular formula is C26H23N3O5. The first-order chi connectivity index (χ1) is 16.3. The number of benzene rings is 3. The number of aromatic nitrogens is 2. The summed E-state index contributed by atoms with van der Waals surface area (Å²) in [5.74, 6) is -1.13. The van der Waals surface area contributed by atoms with Gasteiger partial charge in [0.1, 0.15) is 6.54 Å². The second kappa shape index (κ2) is 9.19. The molecule has 0 radical (unpaired) electrons. The molecule has 0 spiro atoms. The molecule has 0 saturated carbocycles. The minimum Gasteiger partial charge on any atom is -0.465 e. The van der Waals surface area contributed by atoms with Gasteiger partial charge in [-0.2, -0.15) is 0 Å². The zero-order chi connectivity index (χ0) is 24.4. The third kappa shape index (κ3) is 4.25. The van der Waals surface area contributed by atoms with E-state index in [9.17, 15) is 19.2 Å². The van der Waals surface area contributed by atoms with Crippen LogP contribution in [0.3, 0.4) is 0 Å². The number of carbonyl (C=O) groups excluding carboxylic acids is 2. The van der Waals surface area contributed by atoms with E-state index in [0.717, 1.165) is 15.7 Å². The van der Waals surface area contributed by atoms with Gasteiger partial charge in [0.25, 0.3) is 5.56 Å². The Kier molecular flexibility index (Phi) is 6.14. The van der Waals surface area contributed by atoms with Crippen molar-refractivity contribution in [1.82, 2.24) is 9.13 Å². The van der Waals surface area contributed by atoms with Gasteiger partial charge in [0.2, 0.25) is 5.91 Å². The lowest BCUT2D eigenvalue weighted by Crippen LogP contribution is -2.41. The fraction of sp³-hybridized carbons (Fsp3) is 0.154. The third-order valence-electron chi connectivity index (χ3n) is 5.42. The normalized spacial score (nSPS) is 10.8. The SMILES string of the molecule is COC(=O)c1ccccc1NC(=O)Cn1c(=O)n(-c2cc(C)cc(C)c2)c(=O)c2ccccc21. The number of hydrogen-bond donors (Lipinski definition) is 1. The van der Waals surface area contributed by atoms with Crippen molar-refractivity contribution in [3.05, 3.63) is 104 Å². The molecule has 1 aromatic heterocycles. The van der Waals surface area contributed by atoms with Crippen molar-refractivity contribution >= 4 is 28.5 Å². The Bertz CT molecular complexity index is 1530. The minimum atomic E-state index is -0.634. The Morgan fingerprint density at radius 3 is 2.26 bits per heavy atom. The van der Waals surface area contributed by atoms with Crippen LogP contribution in [-0.4, -0.2) is 28.1 Å². The zero-order valence-electron chi connectivity index (χ0n) is 19.0. The highest BCUT2D eigenvalue weighted by Crippen LogP contribution is 2.17. The lowest BCUT2D eigenvalue weighted by atomic mass is 10.1. The number of hydrogen-bond acceptors (Lipinski definition) is 5. The van der Waals surface area contributed by atoms with E-state index in [1.54, 1.807) is 54.6 Å². The fourth-order valence-corrected chi connectivity index (χ4v) is 3.99. The van der Waals surface area contributed by atoms with Crippen LogP contribution in [-0.2, 0) is 16.1 Å². The van der Waals surface area contributed by atoms with Gasteiger partial charge in [0, 0.05) is 0 Å². The molecule has 0 fully saturated rings. The maximum Gasteiger partial charge on any atom is 0.339 e. The molecule has 4 aromatic rings. The number of methoxy groups -OCH3 is 1. The molecule has 1 amide bonds. The average molecular weight is 457 g/mol. The number of esters is 1. The van der Waals surface area contributed by atoms with Crippen molar-refractivity contribution < 1.29 is 14.3 Å². The number of aryl methyl sites for hydroxylation is 2. The maximum absolute atomic E-state index is 13.5. The van der Waals surface area contributed by atoms with Gasteiger partial charge in [0.05, 0.1) is 35.0 Å². The third-order valence-corrected chi connectivity index (χ3v) is 5.42. The van der Waals surface area contributed by atoms with Crippen molar-refractivity contribution in [1.29, 1.82) is 0 Å². The first-order valence-corrected chi connectivity index (χ1v) is 10.6. The van der Waals surface area contributed by atoms with E-state index < -0.39 is 23.1 Å². The van der Waals surface area contributed by atoms with E-state index >= 15 is 0 Å². The molecule has 172 valence electrons. The quantitative estimate of drug-likeness (QED) is 0.464. The van der Waals surface area contributed by atoms with Gasteiger partial charge in [-0.3, -0.25) is 14.2 Å². The standard InChI is InChI=1S/C26H23N3O5/c1-16-12-17(2)14-18(13-16)29-24(31)20-9-5-7-11-22(20)28(26(29)33)15-23(30)27-21-10-6-4-8-19(21)25(32)34-3/h4-14H,15H2,1-3H3,(H,27,30). The number of fused-ring (bicyclic) bond motifs is 1. The van der Waals surface area contributed by atoms with Gasteiger partial charge in [-0.15, -0.1) is 0 Å². The molecule has 0 atom stereocenters. The Morgan fingerprint density at radius 1 is 0.912 bits per heavy atom. The summed E-state index contributed by atoms with van der Waals surface area (Å²) in [6, 6.07) is 18.5. The smallest absolute Gasteiger partial charge is 0.339 e. The highest BCUT2D eigenvalue weighted by atomic mass is 16.5. The van der Waals surface area contributed by atoms with Gasteiger partial charge in [-0.1, -0.05) is 30.3 Å². The van der Waals surface area contributed by atoms with Crippen LogP contribution < -0.4 is 16.6 Å². The van der Waals surface area contributed by atoms with E-state index in [4.69, 9.17) is 4.74 Å². The number of nitrogens with zero attached hydrogens (tertiary/aromatic N) is 2. The maximum atomic E-state index is 13.5. The summed E-state index contributed by atoms with van der Waals surface area (Å²) in [5.41, 5.74) is 1.94. The number of amides is 1. The first kappa shape index (κ1) is 22.7. The molecule has 0 aliphatic carbocycles. The molecule has 0 unspecified atom stereocenters. The Balaban J connectivity index is 1.82. The molecule has 8 nitrogen and oxygen atoms in total. The molecule has 34 heavy (non-hydrogen) atoms. The van der Waals surface area contributed by atoms with Crippen molar-refractivity contribution in [2.45, 2.75) is 20.4 Å². The summed E-state index contributed by atoms with van der Waals surface area (Å²) in [6.07, 6.45) is 0. The van der Waals surface area contributed by atoms with Crippen LogP contribution in [0.5, 0.6) is 0 Å². The van der Waals surface area contributed by atoms with Gasteiger partial charge < -0.3 is 10.1 Å². The summed E-state index contributed by atoms with van der Waals surface area (Å²) < 4.78 is 7.10. The Labute approximate surface area is 195 Å². The minimum absolute atomic E-state index is 0.191. The molecule has 0 bridgehead atoms. The van der Waals surface area contributed by atoms with Crippen molar-refractivity contribution in [3.8, 4) is 5.69 Å². The van der Waals surface area contributed by atoms with Crippen molar-refractivity contribution in [3.63, 3.8) is 0 Å². The molecule has 8 heteroatoms. The van der Waals surface area contributed by atoms with Gasteiger partial charge in [-0.25, -0.2) is 14.2 Å². The summed E-state index contributed by atoms with van der Waals surface area (Å²) in [6.45, 7) is 3.40. The Hall–Kier alpha value is -4.46. The summed E-state index contributed by atoms with van der Waals surface area (Å²) in [5, 5.41) is 2.98. The summed E-state index contributed by atoms with van der Waals surface area (Å²) in [7, 11) is 1.25. The van der Waals surface area contributed by atoms with Crippen molar-refractivity contribution in [2.75, 3.05) is 12.4 Å². The lowest BCUT2D eigenvalue weighted by molar-refractivity contribution is -0.116. The number of para-hydroxylation sites is 2. The van der Waals surface area contributed by atoms with Crippen LogP contribution in [0.15, 0.2) is 76.3 Å². The molecule has 0 aliphatic heterocycles. The second-order valence-corrected chi connectivity index (χ2v) is 7.96. The molecule has 4 rings (SSSR count). The number of carbonyl (C=O) groups is 2. The predicted octanol–water partition coefficient (Wildman–Crippen LogP) is 3.19. The van der Waals surface area contributed by atoms with E-state index in [2.05, 4.69) is 5.32 Å². The fourth-order valence-electron chi connectivity index (χ4n) is 3.99. The number of rotatable bonds is 5. The second-order valence-electron chi connectivity index (χ2n) is 7.96. The van der Waals surface area contributed by atoms with Crippen LogP contribution in [0.2, 0.25) is 0 Å². The van der Waals surface area contributed by atoms with E-state index in [-0.39, 0.29) is 17.8 Å². The topological polar surface area (TPSA) is 99.4 Å². The monoisotopic (exact) mass is 457 g/mol. The van der Waals surface area contributed by atoms with Gasteiger partial charge in [0.15, 0.2) is 0 Å². The van der Waals surface area contributed by atoms with Gasteiger partial charge >= 0.3 is 11.7 Å². The summed E-state index contributed by atoms with van der Waals surface area (Å²) >= 11 is 0. The molecule has 3 aromatic carbocycles. The molecule has 0 saturated heterocycles. The highest BCUT2D eigenvalue weighted by Gasteiger charge is 2.18.